The van der Waals surface area contributed by atoms with Gasteiger partial charge in [0.25, 0.3) is 0 Å². The van der Waals surface area contributed by atoms with Crippen molar-refractivity contribution >= 4 is 18.5 Å². The number of ether oxygens (including phenoxy) is 6. The predicted octanol–water partition coefficient (Wildman–Crippen LogP) is 3.93. The number of aldehydes is 2. The Morgan fingerprint density at radius 3 is 2.06 bits per heavy atom. The number of methoxy groups -OCH3 is 3. The molecule has 188 valence electrons. The Balaban J connectivity index is 2.31. The number of hydrogen-bond donors (Lipinski definition) is 0. The fourth-order valence-electron chi connectivity index (χ4n) is 4.10. The molecule has 2 aromatic rings. The zero-order chi connectivity index (χ0) is 25.8. The fourth-order valence-corrected chi connectivity index (χ4v) is 4.10. The highest BCUT2D eigenvalue weighted by atomic mass is 16.7. The van der Waals surface area contributed by atoms with Crippen LogP contribution in [0.2, 0.25) is 0 Å². The molecule has 0 aromatic heterocycles. The van der Waals surface area contributed by atoms with Crippen LogP contribution in [0, 0.1) is 5.92 Å². The lowest BCUT2D eigenvalue weighted by atomic mass is 9.77. The Labute approximate surface area is 204 Å². The average Bonchev–Trinajstić information content (AvgIpc) is 3.28. The van der Waals surface area contributed by atoms with Crippen LogP contribution in [0.5, 0.6) is 28.7 Å². The molecule has 1 aliphatic rings. The molecule has 35 heavy (non-hydrogen) atoms. The zero-order valence-electron chi connectivity index (χ0n) is 20.7. The third-order valence-electron chi connectivity index (χ3n) is 5.55. The minimum Gasteiger partial charge on any atom is -0.493 e. The van der Waals surface area contributed by atoms with Gasteiger partial charge in [0.2, 0.25) is 12.5 Å². The number of esters is 1. The third-order valence-corrected chi connectivity index (χ3v) is 5.55. The maximum atomic E-state index is 13.4. The van der Waals surface area contributed by atoms with Crippen LogP contribution in [0.25, 0.3) is 0 Å². The lowest BCUT2D eigenvalue weighted by molar-refractivity contribution is -0.161. The largest absolute Gasteiger partial charge is 0.493 e. The van der Waals surface area contributed by atoms with E-state index < -0.39 is 23.4 Å². The van der Waals surface area contributed by atoms with Gasteiger partial charge < -0.3 is 33.2 Å². The summed E-state index contributed by atoms with van der Waals surface area (Å²) in [6.07, 6.45) is 1.19. The predicted molar refractivity (Wildman–Crippen MR) is 126 cm³/mol. The summed E-state index contributed by atoms with van der Waals surface area (Å²) in [6, 6.07) is 6.59. The van der Waals surface area contributed by atoms with Gasteiger partial charge >= 0.3 is 5.97 Å². The van der Waals surface area contributed by atoms with Gasteiger partial charge in [-0.05, 0) is 56.2 Å². The molecule has 9 nitrogen and oxygen atoms in total. The van der Waals surface area contributed by atoms with Gasteiger partial charge in [-0.25, -0.2) is 0 Å². The van der Waals surface area contributed by atoms with Crippen LogP contribution < -0.4 is 23.7 Å². The van der Waals surface area contributed by atoms with E-state index in [0.29, 0.717) is 52.4 Å². The molecule has 0 fully saturated rings. The Hall–Kier alpha value is -3.75. The lowest BCUT2D eigenvalue weighted by Gasteiger charge is -2.30. The summed E-state index contributed by atoms with van der Waals surface area (Å²) in [5.74, 6) is -0.419. The number of benzene rings is 2. The second-order valence-corrected chi connectivity index (χ2v) is 8.93. The lowest BCUT2D eigenvalue weighted by Crippen LogP contribution is -2.33. The van der Waals surface area contributed by atoms with E-state index in [1.54, 1.807) is 45.0 Å². The molecule has 1 unspecified atom stereocenters. The number of hydrogen-bond acceptors (Lipinski definition) is 9. The van der Waals surface area contributed by atoms with Gasteiger partial charge in [0.15, 0.2) is 23.0 Å². The average molecular weight is 487 g/mol. The van der Waals surface area contributed by atoms with Crippen molar-refractivity contribution in [3.8, 4) is 28.7 Å². The van der Waals surface area contributed by atoms with Crippen molar-refractivity contribution in [1.29, 1.82) is 0 Å². The van der Waals surface area contributed by atoms with Crippen LogP contribution in [0.3, 0.4) is 0 Å². The molecule has 0 spiro atoms. The first-order valence-electron chi connectivity index (χ1n) is 11.0. The number of carbonyl (C=O) groups excluding carboxylic acids is 3. The van der Waals surface area contributed by atoms with Gasteiger partial charge in [0.1, 0.15) is 18.2 Å². The van der Waals surface area contributed by atoms with Crippen LogP contribution in [0.1, 0.15) is 54.6 Å². The molecular weight excluding hydrogens is 456 g/mol. The van der Waals surface area contributed by atoms with E-state index >= 15 is 0 Å². The second-order valence-electron chi connectivity index (χ2n) is 8.93. The standard InChI is InChI=1S/C26H30O9/c1-26(2,3)35-25(29)17(7-8-27)23(15-9-21(30-4)24(32-6)22(10-15)31-5)18-12-20-19(33-14-34-20)11-16(18)13-28/h8-13,17,23H,7,14H2,1-6H3/t17-,23?/m0/s1. The summed E-state index contributed by atoms with van der Waals surface area (Å²) >= 11 is 0. The van der Waals surface area contributed by atoms with Crippen molar-refractivity contribution in [2.24, 2.45) is 5.92 Å². The smallest absolute Gasteiger partial charge is 0.310 e. The normalized spacial score (nSPS) is 14.0. The molecule has 0 amide bonds. The minimum atomic E-state index is -0.964. The van der Waals surface area contributed by atoms with Gasteiger partial charge in [-0.15, -0.1) is 0 Å². The van der Waals surface area contributed by atoms with Crippen molar-refractivity contribution in [1.82, 2.24) is 0 Å². The zero-order valence-corrected chi connectivity index (χ0v) is 20.7. The number of carbonyl (C=O) groups is 3. The third kappa shape index (κ3) is 5.50. The molecule has 0 N–H and O–H groups in total. The molecule has 0 radical (unpaired) electrons. The molecule has 1 heterocycles. The summed E-state index contributed by atoms with van der Waals surface area (Å²) < 4.78 is 33.1. The molecule has 1 aliphatic heterocycles. The number of fused-ring (bicyclic) bond motifs is 1. The first kappa shape index (κ1) is 25.9. The summed E-state index contributed by atoms with van der Waals surface area (Å²) in [4.78, 5) is 37.3. The SMILES string of the molecule is COc1cc(C(c2cc3c(cc2C=O)OCO3)[C@H](CC=O)C(=O)OC(C)(C)C)cc(OC)c1OC. The highest BCUT2D eigenvalue weighted by molar-refractivity contribution is 5.83. The van der Waals surface area contributed by atoms with Gasteiger partial charge in [0, 0.05) is 17.9 Å². The summed E-state index contributed by atoms with van der Waals surface area (Å²) in [5.41, 5.74) is 0.517. The van der Waals surface area contributed by atoms with Crippen molar-refractivity contribution in [3.05, 3.63) is 41.0 Å². The molecule has 2 atom stereocenters. The van der Waals surface area contributed by atoms with E-state index in [-0.39, 0.29) is 18.8 Å². The molecule has 0 saturated heterocycles. The summed E-state index contributed by atoms with van der Waals surface area (Å²) in [6.45, 7) is 5.24. The quantitative estimate of drug-likeness (QED) is 0.365. The maximum Gasteiger partial charge on any atom is 0.310 e. The molecular formula is C26H30O9. The van der Waals surface area contributed by atoms with Gasteiger partial charge in [-0.1, -0.05) is 0 Å². The highest BCUT2D eigenvalue weighted by Gasteiger charge is 2.37. The summed E-state index contributed by atoms with van der Waals surface area (Å²) in [7, 11) is 4.43. The summed E-state index contributed by atoms with van der Waals surface area (Å²) in [5, 5.41) is 0. The second kappa shape index (κ2) is 10.7. The van der Waals surface area contributed by atoms with E-state index in [2.05, 4.69) is 0 Å². The van der Waals surface area contributed by atoms with Crippen LogP contribution >= 0.6 is 0 Å². The van der Waals surface area contributed by atoms with Crippen molar-refractivity contribution in [3.63, 3.8) is 0 Å². The molecule has 0 saturated carbocycles. The van der Waals surface area contributed by atoms with Crippen molar-refractivity contribution < 1.29 is 42.8 Å². The van der Waals surface area contributed by atoms with E-state index in [0.717, 1.165) is 0 Å². The van der Waals surface area contributed by atoms with Gasteiger partial charge in [-0.3, -0.25) is 9.59 Å². The number of rotatable bonds is 10. The monoisotopic (exact) mass is 486 g/mol. The van der Waals surface area contributed by atoms with E-state index in [4.69, 9.17) is 28.4 Å². The molecule has 3 rings (SSSR count). The fraction of sp³-hybridized carbons (Fsp3) is 0.423. The Morgan fingerprint density at radius 2 is 1.57 bits per heavy atom. The van der Waals surface area contributed by atoms with Gasteiger partial charge in [-0.2, -0.15) is 0 Å². The highest BCUT2D eigenvalue weighted by Crippen LogP contribution is 2.47. The molecule has 0 bridgehead atoms. The van der Waals surface area contributed by atoms with E-state index in [1.807, 2.05) is 0 Å². The molecule has 0 aliphatic carbocycles. The van der Waals surface area contributed by atoms with Gasteiger partial charge in [0.05, 0.1) is 27.2 Å². The van der Waals surface area contributed by atoms with Crippen LogP contribution in [-0.2, 0) is 14.3 Å². The Bertz CT molecular complexity index is 1080. The van der Waals surface area contributed by atoms with Crippen molar-refractivity contribution in [2.45, 2.75) is 38.7 Å². The van der Waals surface area contributed by atoms with Crippen LogP contribution in [-0.4, -0.2) is 52.3 Å². The minimum absolute atomic E-state index is 0.00969. The Morgan fingerprint density at radius 1 is 0.971 bits per heavy atom. The van der Waals surface area contributed by atoms with Crippen LogP contribution in [0.4, 0.5) is 0 Å². The van der Waals surface area contributed by atoms with Crippen LogP contribution in [0.15, 0.2) is 24.3 Å². The molecule has 9 heteroatoms. The van der Waals surface area contributed by atoms with E-state index in [1.165, 1.54) is 21.3 Å². The first-order chi connectivity index (χ1) is 16.7. The topological polar surface area (TPSA) is 107 Å². The van der Waals surface area contributed by atoms with Crippen molar-refractivity contribution in [2.75, 3.05) is 28.1 Å². The first-order valence-corrected chi connectivity index (χ1v) is 11.0. The van der Waals surface area contributed by atoms with E-state index in [9.17, 15) is 14.4 Å². The Kier molecular flexibility index (Phi) is 7.89. The maximum absolute atomic E-state index is 13.4. The molecule has 2 aromatic carbocycles.